The van der Waals surface area contributed by atoms with E-state index in [2.05, 4.69) is 11.2 Å². The van der Waals surface area contributed by atoms with Crippen molar-refractivity contribution >= 4 is 11.9 Å². The lowest BCUT2D eigenvalue weighted by Gasteiger charge is -2.26. The number of hydrogen-bond acceptors (Lipinski definition) is 4. The van der Waals surface area contributed by atoms with Crippen LogP contribution in [0.15, 0.2) is 24.3 Å². The number of carbonyl (C=O) groups excluding carboxylic acids is 2. The van der Waals surface area contributed by atoms with E-state index in [4.69, 9.17) is 15.9 Å². The molecule has 1 aromatic carbocycles. The molecule has 0 bridgehead atoms. The first-order valence-electron chi connectivity index (χ1n) is 7.54. The van der Waals surface area contributed by atoms with Crippen LogP contribution in [-0.2, 0) is 20.9 Å². The van der Waals surface area contributed by atoms with Gasteiger partial charge in [-0.1, -0.05) is 31.9 Å². The summed E-state index contributed by atoms with van der Waals surface area (Å²) in [4.78, 5) is 23.9. The Morgan fingerprint density at radius 2 is 2.00 bits per heavy atom. The summed E-state index contributed by atoms with van der Waals surface area (Å²) in [6, 6.07) is 6.89. The summed E-state index contributed by atoms with van der Waals surface area (Å²) in [5, 5.41) is 2.75. The monoisotopic (exact) mass is 317 g/mol. The third kappa shape index (κ3) is 5.42. The molecule has 1 rings (SSSR count). The number of ether oxygens (including phenoxy) is 2. The molecule has 0 spiro atoms. The number of esters is 1. The summed E-state index contributed by atoms with van der Waals surface area (Å²) < 4.78 is 10.1. The fourth-order valence-corrected chi connectivity index (χ4v) is 2.14. The Bertz CT molecular complexity index is 585. The van der Waals surface area contributed by atoms with Gasteiger partial charge in [-0.2, -0.15) is 0 Å². The topological polar surface area (TPSA) is 64.6 Å². The highest BCUT2D eigenvalue weighted by Crippen LogP contribution is 2.13. The molecule has 1 aromatic rings. The molecule has 1 amide bonds. The molecule has 124 valence electrons. The number of terminal acetylenes is 1. The lowest BCUT2D eigenvalue weighted by atomic mass is 9.94. The molecule has 0 unspecified atom stereocenters. The normalized spacial score (nSPS) is 10.7. The molecule has 0 aromatic heterocycles. The van der Waals surface area contributed by atoms with Crippen molar-refractivity contribution in [1.29, 1.82) is 0 Å². The molecule has 1 N–H and O–H groups in total. The number of benzene rings is 1. The molecule has 0 atom stereocenters. The van der Waals surface area contributed by atoms with Gasteiger partial charge >= 0.3 is 5.97 Å². The Balaban J connectivity index is 2.61. The van der Waals surface area contributed by atoms with Gasteiger partial charge in [0, 0.05) is 7.11 Å². The van der Waals surface area contributed by atoms with Crippen LogP contribution in [0, 0.1) is 12.3 Å². The molecule has 0 aliphatic carbocycles. The van der Waals surface area contributed by atoms with Gasteiger partial charge in [-0.15, -0.1) is 6.42 Å². The van der Waals surface area contributed by atoms with E-state index in [1.807, 2.05) is 19.9 Å². The Hall–Kier alpha value is -2.32. The van der Waals surface area contributed by atoms with Crippen LogP contribution in [-0.4, -0.2) is 31.1 Å². The quantitative estimate of drug-likeness (QED) is 0.590. The zero-order chi connectivity index (χ0) is 17.3. The van der Waals surface area contributed by atoms with Gasteiger partial charge in [0.2, 0.25) is 0 Å². The highest BCUT2D eigenvalue weighted by atomic mass is 16.5. The van der Waals surface area contributed by atoms with Crippen LogP contribution in [0.1, 0.15) is 42.6 Å². The van der Waals surface area contributed by atoms with Crippen molar-refractivity contribution < 1.29 is 19.1 Å². The molecule has 0 fully saturated rings. The van der Waals surface area contributed by atoms with E-state index in [-0.39, 0.29) is 6.61 Å². The molecule has 5 nitrogen and oxygen atoms in total. The third-order valence-electron chi connectivity index (χ3n) is 3.67. The SMILES string of the molecule is C#CC(CC)(CC)NC(=O)COC(=O)c1cccc(COC)c1. The van der Waals surface area contributed by atoms with Crippen molar-refractivity contribution in [3.05, 3.63) is 35.4 Å². The Labute approximate surface area is 137 Å². The van der Waals surface area contributed by atoms with E-state index in [9.17, 15) is 9.59 Å². The molecule has 0 aliphatic heterocycles. The number of nitrogens with one attached hydrogen (secondary N) is 1. The Morgan fingerprint density at radius 1 is 1.30 bits per heavy atom. The second-order valence-electron chi connectivity index (χ2n) is 5.19. The van der Waals surface area contributed by atoms with Crippen LogP contribution < -0.4 is 5.32 Å². The summed E-state index contributed by atoms with van der Waals surface area (Å²) in [6.07, 6.45) is 6.70. The van der Waals surface area contributed by atoms with E-state index < -0.39 is 17.4 Å². The molecule has 0 heterocycles. The van der Waals surface area contributed by atoms with Crippen LogP contribution >= 0.6 is 0 Å². The molecule has 0 aliphatic rings. The molecule has 0 radical (unpaired) electrons. The predicted molar refractivity (Wildman–Crippen MR) is 87.7 cm³/mol. The average molecular weight is 317 g/mol. The highest BCUT2D eigenvalue weighted by molar-refractivity contribution is 5.91. The average Bonchev–Trinajstić information content (AvgIpc) is 2.58. The van der Waals surface area contributed by atoms with E-state index in [0.717, 1.165) is 5.56 Å². The van der Waals surface area contributed by atoms with Crippen molar-refractivity contribution in [3.8, 4) is 12.3 Å². The van der Waals surface area contributed by atoms with E-state index in [1.54, 1.807) is 25.3 Å². The molecular formula is C18H23NO4. The summed E-state index contributed by atoms with van der Waals surface area (Å²) in [7, 11) is 1.58. The maximum atomic E-state index is 12.0. The van der Waals surface area contributed by atoms with Gasteiger partial charge < -0.3 is 14.8 Å². The first-order valence-corrected chi connectivity index (χ1v) is 7.54. The summed E-state index contributed by atoms with van der Waals surface area (Å²) in [5.41, 5.74) is 0.540. The second kappa shape index (κ2) is 8.96. The fraction of sp³-hybridized carbons (Fsp3) is 0.444. The smallest absolute Gasteiger partial charge is 0.338 e. The van der Waals surface area contributed by atoms with Crippen LogP contribution in [0.4, 0.5) is 0 Å². The van der Waals surface area contributed by atoms with Crippen LogP contribution in [0.25, 0.3) is 0 Å². The lowest BCUT2D eigenvalue weighted by Crippen LogP contribution is -2.48. The molecule has 0 saturated heterocycles. The standard InChI is InChI=1S/C18H23NO4/c1-5-18(6-2,7-3)19-16(20)13-23-17(21)15-10-8-9-14(11-15)12-22-4/h1,8-11H,6-7,12-13H2,2-4H3,(H,19,20). The third-order valence-corrected chi connectivity index (χ3v) is 3.67. The Kier molecular flexibility index (Phi) is 7.30. The van der Waals surface area contributed by atoms with Gasteiger partial charge in [0.1, 0.15) is 5.54 Å². The predicted octanol–water partition coefficient (Wildman–Crippen LogP) is 2.30. The number of hydrogen-bond donors (Lipinski definition) is 1. The van der Waals surface area contributed by atoms with Gasteiger partial charge in [0.15, 0.2) is 6.61 Å². The molecule has 23 heavy (non-hydrogen) atoms. The van der Waals surface area contributed by atoms with Gasteiger partial charge in [0.05, 0.1) is 12.2 Å². The van der Waals surface area contributed by atoms with E-state index in [0.29, 0.717) is 25.0 Å². The minimum atomic E-state index is -0.693. The zero-order valence-electron chi connectivity index (χ0n) is 13.8. The zero-order valence-corrected chi connectivity index (χ0v) is 13.8. The van der Waals surface area contributed by atoms with Gasteiger partial charge in [-0.3, -0.25) is 4.79 Å². The Morgan fingerprint density at radius 3 is 2.57 bits per heavy atom. The first-order chi connectivity index (χ1) is 11.0. The number of carbonyl (C=O) groups is 2. The fourth-order valence-electron chi connectivity index (χ4n) is 2.14. The summed E-state index contributed by atoms with van der Waals surface area (Å²) >= 11 is 0. The van der Waals surface area contributed by atoms with E-state index in [1.165, 1.54) is 0 Å². The van der Waals surface area contributed by atoms with Crippen molar-refractivity contribution in [2.45, 2.75) is 38.8 Å². The molecule has 5 heteroatoms. The summed E-state index contributed by atoms with van der Waals surface area (Å²) in [6.45, 7) is 3.84. The van der Waals surface area contributed by atoms with Crippen LogP contribution in [0.2, 0.25) is 0 Å². The number of methoxy groups -OCH3 is 1. The minimum Gasteiger partial charge on any atom is -0.452 e. The number of rotatable bonds is 8. The van der Waals surface area contributed by atoms with Crippen LogP contribution in [0.5, 0.6) is 0 Å². The molecule has 0 saturated carbocycles. The van der Waals surface area contributed by atoms with Gasteiger partial charge in [0.25, 0.3) is 5.91 Å². The maximum Gasteiger partial charge on any atom is 0.338 e. The highest BCUT2D eigenvalue weighted by Gasteiger charge is 2.25. The second-order valence-corrected chi connectivity index (χ2v) is 5.19. The maximum absolute atomic E-state index is 12.0. The largest absolute Gasteiger partial charge is 0.452 e. The van der Waals surface area contributed by atoms with E-state index >= 15 is 0 Å². The van der Waals surface area contributed by atoms with Gasteiger partial charge in [-0.05, 0) is 30.5 Å². The van der Waals surface area contributed by atoms with Crippen molar-refractivity contribution in [2.75, 3.05) is 13.7 Å². The minimum absolute atomic E-state index is 0.364. The number of amides is 1. The van der Waals surface area contributed by atoms with Crippen molar-refractivity contribution in [3.63, 3.8) is 0 Å². The summed E-state index contributed by atoms with van der Waals surface area (Å²) in [5.74, 6) is 1.63. The van der Waals surface area contributed by atoms with Crippen molar-refractivity contribution in [1.82, 2.24) is 5.32 Å². The molecular weight excluding hydrogens is 294 g/mol. The first kappa shape index (κ1) is 18.7. The van der Waals surface area contributed by atoms with Crippen LogP contribution in [0.3, 0.4) is 0 Å². The van der Waals surface area contributed by atoms with Crippen molar-refractivity contribution in [2.24, 2.45) is 0 Å². The van der Waals surface area contributed by atoms with Gasteiger partial charge in [-0.25, -0.2) is 4.79 Å². The lowest BCUT2D eigenvalue weighted by molar-refractivity contribution is -0.125.